The van der Waals surface area contributed by atoms with Crippen LogP contribution in [0.5, 0.6) is 0 Å². The molecule has 0 spiro atoms. The Hall–Kier alpha value is -3.89. The average Bonchev–Trinajstić information content (AvgIpc) is 2.73. The van der Waals surface area contributed by atoms with E-state index in [9.17, 15) is 13.2 Å². The standard InChI is InChI=1S/C22H17N3O3S/c23-16-18-7-5-4-6-17(18)10-15-22(26)24-19-11-13-21(14-12-19)29(27,28)25-20-8-2-1-3-9-20/h1-15,25H,(H,24,26)/b15-10+. The smallest absolute Gasteiger partial charge is 0.261 e. The van der Waals surface area contributed by atoms with Gasteiger partial charge in [0.25, 0.3) is 10.0 Å². The predicted molar refractivity (Wildman–Crippen MR) is 113 cm³/mol. The maximum atomic E-state index is 12.4. The molecule has 0 bridgehead atoms. The van der Waals surface area contributed by atoms with E-state index in [1.54, 1.807) is 60.7 Å². The number of anilines is 2. The summed E-state index contributed by atoms with van der Waals surface area (Å²) in [5, 5.41) is 11.7. The molecule has 0 aliphatic carbocycles. The minimum atomic E-state index is -3.72. The number of nitriles is 1. The van der Waals surface area contributed by atoms with Crippen molar-refractivity contribution in [3.8, 4) is 6.07 Å². The lowest BCUT2D eigenvalue weighted by Crippen LogP contribution is -2.13. The summed E-state index contributed by atoms with van der Waals surface area (Å²) in [6, 6.07) is 23.4. The van der Waals surface area contributed by atoms with Crippen LogP contribution in [0.4, 0.5) is 11.4 Å². The van der Waals surface area contributed by atoms with Crippen LogP contribution in [0.15, 0.2) is 89.8 Å². The lowest BCUT2D eigenvalue weighted by molar-refractivity contribution is -0.111. The number of sulfonamides is 1. The zero-order valence-electron chi connectivity index (χ0n) is 15.2. The Morgan fingerprint density at radius 3 is 2.21 bits per heavy atom. The highest BCUT2D eigenvalue weighted by atomic mass is 32.2. The van der Waals surface area contributed by atoms with E-state index >= 15 is 0 Å². The Balaban J connectivity index is 1.66. The second kappa shape index (κ2) is 8.87. The topological polar surface area (TPSA) is 99.1 Å². The van der Waals surface area contributed by atoms with Gasteiger partial charge in [0.05, 0.1) is 16.5 Å². The second-order valence-electron chi connectivity index (χ2n) is 6.02. The van der Waals surface area contributed by atoms with Crippen molar-refractivity contribution in [2.75, 3.05) is 10.0 Å². The van der Waals surface area contributed by atoms with Crippen LogP contribution < -0.4 is 10.0 Å². The summed E-state index contributed by atoms with van der Waals surface area (Å²) >= 11 is 0. The molecule has 0 aliphatic heterocycles. The van der Waals surface area contributed by atoms with Gasteiger partial charge in [-0.25, -0.2) is 8.42 Å². The van der Waals surface area contributed by atoms with Crippen molar-refractivity contribution in [1.29, 1.82) is 5.26 Å². The molecule has 144 valence electrons. The molecule has 6 nitrogen and oxygen atoms in total. The summed E-state index contributed by atoms with van der Waals surface area (Å²) in [6.45, 7) is 0. The number of hydrogen-bond donors (Lipinski definition) is 2. The van der Waals surface area contributed by atoms with Crippen molar-refractivity contribution >= 4 is 33.4 Å². The highest BCUT2D eigenvalue weighted by molar-refractivity contribution is 7.92. The molecule has 0 heterocycles. The van der Waals surface area contributed by atoms with Crippen LogP contribution in [0.3, 0.4) is 0 Å². The number of nitrogens with zero attached hydrogens (tertiary/aromatic N) is 1. The molecule has 3 rings (SSSR count). The Labute approximate surface area is 169 Å². The van der Waals surface area contributed by atoms with Gasteiger partial charge in [-0.15, -0.1) is 0 Å². The van der Waals surface area contributed by atoms with E-state index in [-0.39, 0.29) is 4.90 Å². The summed E-state index contributed by atoms with van der Waals surface area (Å²) < 4.78 is 27.3. The summed E-state index contributed by atoms with van der Waals surface area (Å²) in [6.07, 6.45) is 2.87. The minimum absolute atomic E-state index is 0.0813. The molecular weight excluding hydrogens is 386 g/mol. The van der Waals surface area contributed by atoms with Crippen LogP contribution in [-0.2, 0) is 14.8 Å². The molecule has 0 aromatic heterocycles. The van der Waals surface area contributed by atoms with Gasteiger partial charge in [-0.1, -0.05) is 36.4 Å². The molecule has 1 amide bonds. The summed E-state index contributed by atoms with van der Waals surface area (Å²) in [5.74, 6) is -0.393. The monoisotopic (exact) mass is 403 g/mol. The van der Waals surface area contributed by atoms with Crippen molar-refractivity contribution in [2.24, 2.45) is 0 Å². The summed E-state index contributed by atoms with van der Waals surface area (Å²) in [5.41, 5.74) is 2.02. The minimum Gasteiger partial charge on any atom is -0.323 e. The molecule has 29 heavy (non-hydrogen) atoms. The molecule has 0 saturated carbocycles. The molecule has 3 aromatic rings. The van der Waals surface area contributed by atoms with Gasteiger partial charge in [-0.05, 0) is 54.1 Å². The largest absolute Gasteiger partial charge is 0.323 e. The van der Waals surface area contributed by atoms with E-state index in [2.05, 4.69) is 16.1 Å². The van der Waals surface area contributed by atoms with E-state index in [0.717, 1.165) is 0 Å². The van der Waals surface area contributed by atoms with E-state index in [4.69, 9.17) is 5.26 Å². The quantitative estimate of drug-likeness (QED) is 0.608. The number of carbonyl (C=O) groups is 1. The third-order valence-corrected chi connectivity index (χ3v) is 5.35. The zero-order valence-corrected chi connectivity index (χ0v) is 16.1. The van der Waals surface area contributed by atoms with Crippen LogP contribution in [0.1, 0.15) is 11.1 Å². The molecular formula is C22H17N3O3S. The second-order valence-corrected chi connectivity index (χ2v) is 7.70. The molecule has 0 aliphatic rings. The van der Waals surface area contributed by atoms with Gasteiger partial charge < -0.3 is 5.32 Å². The number of amides is 1. The van der Waals surface area contributed by atoms with Crippen LogP contribution >= 0.6 is 0 Å². The lowest BCUT2D eigenvalue weighted by atomic mass is 10.1. The number of hydrogen-bond acceptors (Lipinski definition) is 4. The normalized spacial score (nSPS) is 11.0. The summed E-state index contributed by atoms with van der Waals surface area (Å²) in [7, 11) is -3.72. The Bertz CT molecular complexity index is 1180. The SMILES string of the molecule is N#Cc1ccccc1/C=C/C(=O)Nc1ccc(S(=O)(=O)Nc2ccccc2)cc1. The highest BCUT2D eigenvalue weighted by Crippen LogP contribution is 2.18. The first-order valence-corrected chi connectivity index (χ1v) is 10.1. The Morgan fingerprint density at radius 1 is 0.862 bits per heavy atom. The van der Waals surface area contributed by atoms with Crippen LogP contribution in [0.25, 0.3) is 6.08 Å². The van der Waals surface area contributed by atoms with Crippen molar-refractivity contribution in [3.63, 3.8) is 0 Å². The molecule has 7 heteroatoms. The van der Waals surface area contributed by atoms with Gasteiger partial charge in [-0.2, -0.15) is 5.26 Å². The van der Waals surface area contributed by atoms with Gasteiger partial charge in [-0.3, -0.25) is 9.52 Å². The lowest BCUT2D eigenvalue weighted by Gasteiger charge is -2.09. The van der Waals surface area contributed by atoms with Crippen LogP contribution in [-0.4, -0.2) is 14.3 Å². The maximum absolute atomic E-state index is 12.4. The van der Waals surface area contributed by atoms with Crippen LogP contribution in [0.2, 0.25) is 0 Å². The summed E-state index contributed by atoms with van der Waals surface area (Å²) in [4.78, 5) is 12.2. The number of benzene rings is 3. The Morgan fingerprint density at radius 2 is 1.52 bits per heavy atom. The molecule has 0 atom stereocenters. The number of para-hydroxylation sites is 1. The Kier molecular flexibility index (Phi) is 6.07. The number of rotatable bonds is 6. The molecule has 2 N–H and O–H groups in total. The van der Waals surface area contributed by atoms with Crippen LogP contribution in [0, 0.1) is 11.3 Å². The first kappa shape index (κ1) is 19.9. The van der Waals surface area contributed by atoms with Crippen molar-refractivity contribution in [1.82, 2.24) is 0 Å². The zero-order chi connectivity index (χ0) is 20.7. The molecule has 0 radical (unpaired) electrons. The van der Waals surface area contributed by atoms with E-state index in [1.165, 1.54) is 30.3 Å². The van der Waals surface area contributed by atoms with E-state index in [0.29, 0.717) is 22.5 Å². The van der Waals surface area contributed by atoms with E-state index in [1.807, 2.05) is 0 Å². The molecule has 3 aromatic carbocycles. The van der Waals surface area contributed by atoms with Gasteiger partial charge in [0, 0.05) is 17.5 Å². The third kappa shape index (κ3) is 5.31. The highest BCUT2D eigenvalue weighted by Gasteiger charge is 2.14. The van der Waals surface area contributed by atoms with Crippen molar-refractivity contribution in [2.45, 2.75) is 4.90 Å². The predicted octanol–water partition coefficient (Wildman–Crippen LogP) is 4.01. The fourth-order valence-electron chi connectivity index (χ4n) is 2.53. The van der Waals surface area contributed by atoms with Crippen molar-refractivity contribution < 1.29 is 13.2 Å². The van der Waals surface area contributed by atoms with E-state index < -0.39 is 15.9 Å². The molecule has 0 unspecified atom stereocenters. The fraction of sp³-hybridized carbons (Fsp3) is 0. The van der Waals surface area contributed by atoms with Gasteiger partial charge in [0.15, 0.2) is 0 Å². The van der Waals surface area contributed by atoms with Gasteiger partial charge >= 0.3 is 0 Å². The third-order valence-electron chi connectivity index (χ3n) is 3.95. The van der Waals surface area contributed by atoms with Crippen molar-refractivity contribution in [3.05, 3.63) is 96.1 Å². The number of carbonyl (C=O) groups excluding carboxylic acids is 1. The number of nitrogens with one attached hydrogen (secondary N) is 2. The van der Waals surface area contributed by atoms with Gasteiger partial charge in [0.1, 0.15) is 0 Å². The first-order valence-electron chi connectivity index (χ1n) is 8.64. The van der Waals surface area contributed by atoms with Gasteiger partial charge in [0.2, 0.25) is 5.91 Å². The molecule has 0 fully saturated rings. The first-order chi connectivity index (χ1) is 14.0. The average molecular weight is 403 g/mol. The molecule has 0 saturated heterocycles. The fourth-order valence-corrected chi connectivity index (χ4v) is 3.59. The maximum Gasteiger partial charge on any atom is 0.261 e.